The van der Waals surface area contributed by atoms with E-state index in [4.69, 9.17) is 0 Å². The molecule has 2 aromatic rings. The zero-order valence-corrected chi connectivity index (χ0v) is 15.0. The van der Waals surface area contributed by atoms with E-state index >= 15 is 0 Å². The van der Waals surface area contributed by atoms with Crippen LogP contribution in [0.3, 0.4) is 0 Å². The molecule has 25 heavy (non-hydrogen) atoms. The number of carbonyl (C=O) groups is 1. The van der Waals surface area contributed by atoms with Crippen molar-refractivity contribution < 1.29 is 4.79 Å². The van der Waals surface area contributed by atoms with E-state index in [2.05, 4.69) is 52.3 Å². The van der Waals surface area contributed by atoms with Crippen molar-refractivity contribution in [3.8, 4) is 0 Å². The van der Waals surface area contributed by atoms with Crippen LogP contribution in [0, 0.1) is 0 Å². The molecule has 1 aliphatic rings. The summed E-state index contributed by atoms with van der Waals surface area (Å²) in [5.74, 6) is 0.217. The van der Waals surface area contributed by atoms with Crippen molar-refractivity contribution in [1.29, 1.82) is 0 Å². The van der Waals surface area contributed by atoms with Crippen LogP contribution in [-0.4, -0.2) is 55.5 Å². The van der Waals surface area contributed by atoms with Crippen molar-refractivity contribution in [2.24, 2.45) is 0 Å². The van der Waals surface area contributed by atoms with Crippen LogP contribution in [0.1, 0.15) is 12.0 Å². The first-order valence-electron chi connectivity index (χ1n) is 9.02. The lowest BCUT2D eigenvalue weighted by Crippen LogP contribution is -2.47. The molecule has 0 N–H and O–H groups in total. The fourth-order valence-electron chi connectivity index (χ4n) is 3.26. The van der Waals surface area contributed by atoms with E-state index in [1.54, 1.807) is 0 Å². The molecular formula is C21H27N3O. The molecule has 3 rings (SSSR count). The molecule has 1 amide bonds. The maximum atomic E-state index is 12.4. The summed E-state index contributed by atoms with van der Waals surface area (Å²) in [7, 11) is 1.89. The average molecular weight is 337 g/mol. The normalized spacial score (nSPS) is 15.2. The molecule has 4 heteroatoms. The molecule has 0 spiro atoms. The largest absolute Gasteiger partial charge is 0.369 e. The monoisotopic (exact) mass is 337 g/mol. The lowest BCUT2D eigenvalue weighted by Gasteiger charge is -2.36. The Balaban J connectivity index is 1.40. The summed E-state index contributed by atoms with van der Waals surface area (Å²) in [5.41, 5.74) is 2.47. The number of nitrogens with zero attached hydrogens (tertiary/aromatic N) is 3. The quantitative estimate of drug-likeness (QED) is 0.811. The van der Waals surface area contributed by atoms with Crippen molar-refractivity contribution in [2.75, 3.05) is 44.7 Å². The third-order valence-electron chi connectivity index (χ3n) is 4.82. The maximum Gasteiger partial charge on any atom is 0.223 e. The number of amides is 1. The van der Waals surface area contributed by atoms with E-state index in [1.807, 2.05) is 30.1 Å². The number of hydrogen-bond acceptors (Lipinski definition) is 3. The van der Waals surface area contributed by atoms with Gasteiger partial charge in [0, 0.05) is 58.4 Å². The Kier molecular flexibility index (Phi) is 6.07. The molecule has 0 bridgehead atoms. The van der Waals surface area contributed by atoms with Gasteiger partial charge in [-0.25, -0.2) is 0 Å². The minimum absolute atomic E-state index is 0.217. The van der Waals surface area contributed by atoms with Gasteiger partial charge in [0.1, 0.15) is 0 Å². The van der Waals surface area contributed by atoms with Crippen LogP contribution in [0.25, 0.3) is 0 Å². The maximum absolute atomic E-state index is 12.4. The van der Waals surface area contributed by atoms with Gasteiger partial charge in [-0.2, -0.15) is 0 Å². The molecule has 0 unspecified atom stereocenters. The molecule has 1 saturated heterocycles. The summed E-state index contributed by atoms with van der Waals surface area (Å²) < 4.78 is 0. The van der Waals surface area contributed by atoms with Crippen molar-refractivity contribution in [3.63, 3.8) is 0 Å². The molecule has 0 aromatic heterocycles. The Bertz CT molecular complexity index is 651. The number of anilines is 1. The molecule has 2 aromatic carbocycles. The average Bonchev–Trinajstić information content (AvgIpc) is 2.68. The van der Waals surface area contributed by atoms with E-state index in [0.717, 1.165) is 32.7 Å². The second kappa shape index (κ2) is 8.67. The van der Waals surface area contributed by atoms with Crippen molar-refractivity contribution in [3.05, 3.63) is 66.2 Å². The number of benzene rings is 2. The first-order valence-corrected chi connectivity index (χ1v) is 9.02. The highest BCUT2D eigenvalue weighted by molar-refractivity contribution is 5.76. The Labute approximate surface area is 150 Å². The topological polar surface area (TPSA) is 26.8 Å². The van der Waals surface area contributed by atoms with Crippen molar-refractivity contribution >= 4 is 11.6 Å². The minimum atomic E-state index is 0.217. The lowest BCUT2D eigenvalue weighted by molar-refractivity contribution is -0.130. The fraction of sp³-hybridized carbons (Fsp3) is 0.381. The molecule has 132 valence electrons. The third kappa shape index (κ3) is 5.07. The molecule has 0 atom stereocenters. The SMILES string of the molecule is CN(Cc1ccccc1)C(=O)CCN1CCN(c2ccccc2)CC1. The molecular weight excluding hydrogens is 310 g/mol. The van der Waals surface area contributed by atoms with Crippen molar-refractivity contribution in [2.45, 2.75) is 13.0 Å². The smallest absolute Gasteiger partial charge is 0.223 e. The van der Waals surface area contributed by atoms with Gasteiger partial charge < -0.3 is 9.80 Å². The second-order valence-corrected chi connectivity index (χ2v) is 6.65. The Morgan fingerprint density at radius 2 is 1.52 bits per heavy atom. The van der Waals surface area contributed by atoms with Gasteiger partial charge in [-0.05, 0) is 17.7 Å². The molecule has 4 nitrogen and oxygen atoms in total. The minimum Gasteiger partial charge on any atom is -0.369 e. The Hall–Kier alpha value is -2.33. The van der Waals surface area contributed by atoms with Gasteiger partial charge in [0.15, 0.2) is 0 Å². The van der Waals surface area contributed by atoms with Gasteiger partial charge in [0.05, 0.1) is 0 Å². The Morgan fingerprint density at radius 3 is 2.16 bits per heavy atom. The first-order chi connectivity index (χ1) is 12.2. The first kappa shape index (κ1) is 17.5. The van der Waals surface area contributed by atoms with Crippen LogP contribution < -0.4 is 4.90 Å². The molecule has 0 saturated carbocycles. The van der Waals surface area contributed by atoms with E-state index in [9.17, 15) is 4.79 Å². The predicted molar refractivity (Wildman–Crippen MR) is 103 cm³/mol. The zero-order valence-electron chi connectivity index (χ0n) is 15.0. The molecule has 1 fully saturated rings. The van der Waals surface area contributed by atoms with Crippen LogP contribution in [0.2, 0.25) is 0 Å². The number of rotatable bonds is 6. The van der Waals surface area contributed by atoms with Crippen LogP contribution in [0.4, 0.5) is 5.69 Å². The number of para-hydroxylation sites is 1. The summed E-state index contributed by atoms with van der Waals surface area (Å²) in [4.78, 5) is 19.0. The highest BCUT2D eigenvalue weighted by Gasteiger charge is 2.18. The summed E-state index contributed by atoms with van der Waals surface area (Å²) >= 11 is 0. The standard InChI is InChI=1S/C21H27N3O/c1-22(18-19-8-4-2-5-9-19)21(25)12-13-23-14-16-24(17-15-23)20-10-6-3-7-11-20/h2-11H,12-18H2,1H3. The van der Waals surface area contributed by atoms with Gasteiger partial charge in [0.2, 0.25) is 5.91 Å². The highest BCUT2D eigenvalue weighted by Crippen LogP contribution is 2.15. The summed E-state index contributed by atoms with van der Waals surface area (Å²) in [6.45, 7) is 5.62. The summed E-state index contributed by atoms with van der Waals surface area (Å²) in [6.07, 6.45) is 0.592. The summed E-state index contributed by atoms with van der Waals surface area (Å²) in [5, 5.41) is 0. The second-order valence-electron chi connectivity index (χ2n) is 6.65. The van der Waals surface area contributed by atoms with Crippen LogP contribution in [0.5, 0.6) is 0 Å². The van der Waals surface area contributed by atoms with E-state index in [-0.39, 0.29) is 5.91 Å². The van der Waals surface area contributed by atoms with Crippen LogP contribution >= 0.6 is 0 Å². The van der Waals surface area contributed by atoms with E-state index in [1.165, 1.54) is 11.3 Å². The zero-order chi connectivity index (χ0) is 17.5. The summed E-state index contributed by atoms with van der Waals surface area (Å²) in [6, 6.07) is 20.7. The molecule has 0 radical (unpaired) electrons. The van der Waals surface area contributed by atoms with Gasteiger partial charge >= 0.3 is 0 Å². The number of piperazine rings is 1. The number of carbonyl (C=O) groups excluding carboxylic acids is 1. The van der Waals surface area contributed by atoms with Crippen molar-refractivity contribution in [1.82, 2.24) is 9.80 Å². The van der Waals surface area contributed by atoms with Gasteiger partial charge in [-0.1, -0.05) is 48.5 Å². The number of hydrogen-bond donors (Lipinski definition) is 0. The van der Waals surface area contributed by atoms with Crippen LogP contribution in [-0.2, 0) is 11.3 Å². The van der Waals surface area contributed by atoms with Crippen LogP contribution in [0.15, 0.2) is 60.7 Å². The molecule has 0 aliphatic carbocycles. The lowest BCUT2D eigenvalue weighted by atomic mass is 10.2. The fourth-order valence-corrected chi connectivity index (χ4v) is 3.26. The van der Waals surface area contributed by atoms with Gasteiger partial charge in [-0.15, -0.1) is 0 Å². The van der Waals surface area contributed by atoms with E-state index in [0.29, 0.717) is 13.0 Å². The Morgan fingerprint density at radius 1 is 0.920 bits per heavy atom. The van der Waals surface area contributed by atoms with Gasteiger partial charge in [-0.3, -0.25) is 9.69 Å². The van der Waals surface area contributed by atoms with E-state index < -0.39 is 0 Å². The molecule has 1 heterocycles. The highest BCUT2D eigenvalue weighted by atomic mass is 16.2. The van der Waals surface area contributed by atoms with Gasteiger partial charge in [0.25, 0.3) is 0 Å². The third-order valence-corrected chi connectivity index (χ3v) is 4.82. The molecule has 1 aliphatic heterocycles. The predicted octanol–water partition coefficient (Wildman–Crippen LogP) is 2.86.